The summed E-state index contributed by atoms with van der Waals surface area (Å²) < 4.78 is 5.62. The van der Waals surface area contributed by atoms with Gasteiger partial charge in [-0.3, -0.25) is 4.79 Å². The molecule has 126 valence electrons. The maximum absolute atomic E-state index is 12.0. The van der Waals surface area contributed by atoms with Crippen molar-refractivity contribution < 1.29 is 14.3 Å². The van der Waals surface area contributed by atoms with E-state index >= 15 is 0 Å². The minimum atomic E-state index is -0.297. The lowest BCUT2D eigenvalue weighted by Crippen LogP contribution is -2.24. The number of hydrogen-bond acceptors (Lipinski definition) is 3. The molecule has 0 aliphatic carbocycles. The van der Waals surface area contributed by atoms with Gasteiger partial charge in [-0.15, -0.1) is 0 Å². The van der Waals surface area contributed by atoms with Gasteiger partial charge in [-0.05, 0) is 49.2 Å². The maximum Gasteiger partial charge on any atom is 0.318 e. The van der Waals surface area contributed by atoms with Crippen molar-refractivity contribution in [1.29, 1.82) is 0 Å². The Morgan fingerprint density at radius 1 is 0.917 bits per heavy atom. The van der Waals surface area contributed by atoms with E-state index in [1.54, 1.807) is 31.3 Å². The lowest BCUT2D eigenvalue weighted by Gasteiger charge is -2.12. The highest BCUT2D eigenvalue weighted by Crippen LogP contribution is 2.22. The first-order valence-corrected chi connectivity index (χ1v) is 7.57. The monoisotopic (exact) mass is 327 g/mol. The molecule has 0 fully saturated rings. The Labute approximate surface area is 141 Å². The van der Waals surface area contributed by atoms with Gasteiger partial charge in [0.15, 0.2) is 6.61 Å². The van der Waals surface area contributed by atoms with Crippen molar-refractivity contribution in [2.24, 2.45) is 0 Å². The molecule has 0 heterocycles. The number of urea groups is 1. The molecule has 0 saturated heterocycles. The number of para-hydroxylation sites is 1. The van der Waals surface area contributed by atoms with Gasteiger partial charge >= 0.3 is 6.03 Å². The second-order valence-electron chi connectivity index (χ2n) is 5.34. The number of aryl methyl sites for hydroxylation is 2. The molecule has 24 heavy (non-hydrogen) atoms. The van der Waals surface area contributed by atoms with Gasteiger partial charge in [-0.1, -0.05) is 18.2 Å². The molecule has 0 saturated carbocycles. The number of hydrogen-bond donors (Lipinski definition) is 3. The summed E-state index contributed by atoms with van der Waals surface area (Å²) in [5.41, 5.74) is 3.26. The Morgan fingerprint density at radius 2 is 1.46 bits per heavy atom. The third-order valence-corrected chi connectivity index (χ3v) is 3.41. The second kappa shape index (κ2) is 8.01. The Bertz CT molecular complexity index is 707. The minimum Gasteiger partial charge on any atom is -0.483 e. The lowest BCUT2D eigenvalue weighted by atomic mass is 10.1. The first-order chi connectivity index (χ1) is 11.5. The average molecular weight is 327 g/mol. The number of benzene rings is 2. The number of anilines is 2. The van der Waals surface area contributed by atoms with E-state index in [2.05, 4.69) is 16.0 Å². The van der Waals surface area contributed by atoms with Crippen molar-refractivity contribution in [2.45, 2.75) is 13.8 Å². The fourth-order valence-electron chi connectivity index (χ4n) is 2.19. The fraction of sp³-hybridized carbons (Fsp3) is 0.222. The van der Waals surface area contributed by atoms with Gasteiger partial charge in [0.2, 0.25) is 0 Å². The van der Waals surface area contributed by atoms with E-state index in [0.717, 1.165) is 16.9 Å². The Kier molecular flexibility index (Phi) is 5.78. The van der Waals surface area contributed by atoms with Crippen LogP contribution in [-0.2, 0) is 4.79 Å². The van der Waals surface area contributed by atoms with Gasteiger partial charge in [0.05, 0.1) is 0 Å². The van der Waals surface area contributed by atoms with Crippen LogP contribution >= 0.6 is 0 Å². The molecule has 0 unspecified atom stereocenters. The lowest BCUT2D eigenvalue weighted by molar-refractivity contribution is -0.118. The van der Waals surface area contributed by atoms with Crippen LogP contribution in [0.3, 0.4) is 0 Å². The van der Waals surface area contributed by atoms with Crippen molar-refractivity contribution in [3.8, 4) is 5.75 Å². The van der Waals surface area contributed by atoms with Crippen molar-refractivity contribution in [3.05, 3.63) is 53.6 Å². The van der Waals surface area contributed by atoms with Crippen LogP contribution < -0.4 is 20.7 Å². The summed E-state index contributed by atoms with van der Waals surface area (Å²) in [6.07, 6.45) is 0. The van der Waals surface area contributed by atoms with Crippen LogP contribution in [0.1, 0.15) is 11.1 Å². The Hall–Kier alpha value is -3.02. The number of rotatable bonds is 5. The predicted octanol–water partition coefficient (Wildman–Crippen LogP) is 3.07. The highest BCUT2D eigenvalue weighted by Gasteiger charge is 2.08. The zero-order valence-corrected chi connectivity index (χ0v) is 14.0. The largest absolute Gasteiger partial charge is 0.483 e. The van der Waals surface area contributed by atoms with Gasteiger partial charge < -0.3 is 20.7 Å². The summed E-state index contributed by atoms with van der Waals surface area (Å²) >= 11 is 0. The number of ether oxygens (including phenoxy) is 1. The van der Waals surface area contributed by atoms with Crippen LogP contribution in [-0.4, -0.2) is 25.6 Å². The van der Waals surface area contributed by atoms with Gasteiger partial charge in [0.1, 0.15) is 5.75 Å². The van der Waals surface area contributed by atoms with Crippen molar-refractivity contribution in [1.82, 2.24) is 5.32 Å². The highest BCUT2D eigenvalue weighted by atomic mass is 16.5. The SMILES string of the molecule is CNC(=O)Nc1ccc(NC(=O)COc2c(C)cccc2C)cc1. The van der Waals surface area contributed by atoms with Crippen LogP contribution in [0.15, 0.2) is 42.5 Å². The topological polar surface area (TPSA) is 79.5 Å². The zero-order valence-electron chi connectivity index (χ0n) is 14.0. The van der Waals surface area contributed by atoms with Gasteiger partial charge in [0.25, 0.3) is 5.91 Å². The molecule has 0 atom stereocenters. The van der Waals surface area contributed by atoms with E-state index in [9.17, 15) is 9.59 Å². The summed E-state index contributed by atoms with van der Waals surface area (Å²) in [5, 5.41) is 7.86. The molecule has 3 N–H and O–H groups in total. The summed E-state index contributed by atoms with van der Waals surface area (Å²) in [4.78, 5) is 23.2. The molecule has 2 aromatic carbocycles. The van der Waals surface area contributed by atoms with Crippen molar-refractivity contribution >= 4 is 23.3 Å². The zero-order chi connectivity index (χ0) is 17.5. The van der Waals surface area contributed by atoms with Crippen LogP contribution in [0.5, 0.6) is 5.75 Å². The number of carbonyl (C=O) groups is 2. The van der Waals surface area contributed by atoms with E-state index in [1.165, 1.54) is 0 Å². The third kappa shape index (κ3) is 4.74. The van der Waals surface area contributed by atoms with E-state index in [-0.39, 0.29) is 18.5 Å². The quantitative estimate of drug-likeness (QED) is 0.789. The molecule has 0 aromatic heterocycles. The normalized spacial score (nSPS) is 9.96. The first kappa shape index (κ1) is 17.3. The van der Waals surface area contributed by atoms with Crippen molar-refractivity contribution in [3.63, 3.8) is 0 Å². The predicted molar refractivity (Wildman–Crippen MR) is 94.6 cm³/mol. The van der Waals surface area contributed by atoms with Crippen LogP contribution in [0, 0.1) is 13.8 Å². The molecule has 0 aliphatic rings. The maximum atomic E-state index is 12.0. The standard InChI is InChI=1S/C18H21N3O3/c1-12-5-4-6-13(2)17(12)24-11-16(22)20-14-7-9-15(10-8-14)21-18(23)19-3/h4-10H,11H2,1-3H3,(H,20,22)(H2,19,21,23). The van der Waals surface area contributed by atoms with Gasteiger partial charge in [-0.2, -0.15) is 0 Å². The van der Waals surface area contributed by atoms with Gasteiger partial charge in [-0.25, -0.2) is 4.79 Å². The minimum absolute atomic E-state index is 0.0655. The Morgan fingerprint density at radius 3 is 2.00 bits per heavy atom. The first-order valence-electron chi connectivity index (χ1n) is 7.57. The summed E-state index contributed by atoms with van der Waals surface area (Å²) in [6, 6.07) is 12.4. The smallest absolute Gasteiger partial charge is 0.318 e. The van der Waals surface area contributed by atoms with Crippen LogP contribution in [0.4, 0.5) is 16.2 Å². The molecule has 6 heteroatoms. The molecule has 0 spiro atoms. The van der Waals surface area contributed by atoms with E-state index in [0.29, 0.717) is 11.4 Å². The molecule has 0 aliphatic heterocycles. The molecule has 3 amide bonds. The summed E-state index contributed by atoms with van der Waals surface area (Å²) in [6.45, 7) is 3.82. The van der Waals surface area contributed by atoms with E-state index in [4.69, 9.17) is 4.74 Å². The third-order valence-electron chi connectivity index (χ3n) is 3.41. The van der Waals surface area contributed by atoms with Crippen LogP contribution in [0.2, 0.25) is 0 Å². The van der Waals surface area contributed by atoms with Crippen LogP contribution in [0.25, 0.3) is 0 Å². The van der Waals surface area contributed by atoms with E-state index < -0.39 is 0 Å². The molecule has 2 rings (SSSR count). The molecule has 2 aromatic rings. The average Bonchev–Trinajstić information content (AvgIpc) is 2.56. The van der Waals surface area contributed by atoms with Crippen molar-refractivity contribution in [2.75, 3.05) is 24.3 Å². The molecule has 6 nitrogen and oxygen atoms in total. The van der Waals surface area contributed by atoms with E-state index in [1.807, 2.05) is 32.0 Å². The summed E-state index contributed by atoms with van der Waals surface area (Å²) in [5.74, 6) is 0.488. The molecule has 0 bridgehead atoms. The number of amides is 3. The fourth-order valence-corrected chi connectivity index (χ4v) is 2.19. The Balaban J connectivity index is 1.89. The van der Waals surface area contributed by atoms with Gasteiger partial charge in [0, 0.05) is 18.4 Å². The summed E-state index contributed by atoms with van der Waals surface area (Å²) in [7, 11) is 1.54. The molecular formula is C18H21N3O3. The molecule has 0 radical (unpaired) electrons. The molecular weight excluding hydrogens is 306 g/mol. The highest BCUT2D eigenvalue weighted by molar-refractivity contribution is 5.93. The second-order valence-corrected chi connectivity index (χ2v) is 5.34. The number of nitrogens with one attached hydrogen (secondary N) is 3. The number of carbonyl (C=O) groups excluding carboxylic acids is 2.